The molecule has 0 aromatic heterocycles. The minimum Gasteiger partial charge on any atom is -0.493 e. The molecule has 0 aliphatic rings. The molecule has 0 bridgehead atoms. The molecule has 0 aliphatic heterocycles. The lowest BCUT2D eigenvalue weighted by Crippen LogP contribution is -2.32. The Morgan fingerprint density at radius 1 is 1.25 bits per heavy atom. The van der Waals surface area contributed by atoms with E-state index in [1.165, 1.54) is 0 Å². The van der Waals surface area contributed by atoms with Gasteiger partial charge >= 0.3 is 0 Å². The molecule has 0 spiro atoms. The summed E-state index contributed by atoms with van der Waals surface area (Å²) in [4.78, 5) is 4.23. The number of rotatable bonds is 10. The summed E-state index contributed by atoms with van der Waals surface area (Å²) < 4.78 is 16.4. The number of guanidine groups is 1. The van der Waals surface area contributed by atoms with Crippen LogP contribution in [0.2, 0.25) is 0 Å². The van der Waals surface area contributed by atoms with Gasteiger partial charge in [-0.05, 0) is 31.4 Å². The summed E-state index contributed by atoms with van der Waals surface area (Å²) in [6.45, 7) is 9.20. The monoisotopic (exact) mass is 337 g/mol. The number of hydrogen-bond acceptors (Lipinski definition) is 4. The third-order valence-electron chi connectivity index (χ3n) is 3.16. The van der Waals surface area contributed by atoms with Crippen molar-refractivity contribution < 1.29 is 14.2 Å². The van der Waals surface area contributed by atoms with Crippen molar-refractivity contribution in [2.24, 2.45) is 10.9 Å². The largest absolute Gasteiger partial charge is 0.493 e. The molecule has 0 radical (unpaired) electrons. The van der Waals surface area contributed by atoms with Crippen LogP contribution in [0.4, 0.5) is 5.69 Å². The second kappa shape index (κ2) is 11.6. The van der Waals surface area contributed by atoms with Crippen molar-refractivity contribution in [2.75, 3.05) is 45.8 Å². The van der Waals surface area contributed by atoms with E-state index in [1.807, 2.05) is 25.1 Å². The zero-order valence-electron chi connectivity index (χ0n) is 15.5. The van der Waals surface area contributed by atoms with Crippen molar-refractivity contribution >= 4 is 11.6 Å². The van der Waals surface area contributed by atoms with E-state index in [2.05, 4.69) is 29.5 Å². The average molecular weight is 337 g/mol. The van der Waals surface area contributed by atoms with E-state index in [0.29, 0.717) is 24.2 Å². The van der Waals surface area contributed by atoms with Gasteiger partial charge in [0.15, 0.2) is 17.5 Å². The molecule has 0 saturated heterocycles. The minimum absolute atomic E-state index is 0.571. The number of nitrogens with one attached hydrogen (secondary N) is 2. The molecule has 1 aromatic carbocycles. The number of ether oxygens (including phenoxy) is 3. The van der Waals surface area contributed by atoms with Crippen LogP contribution in [0.25, 0.3) is 0 Å². The van der Waals surface area contributed by atoms with E-state index in [-0.39, 0.29) is 0 Å². The lowest BCUT2D eigenvalue weighted by molar-refractivity contribution is 0.108. The Hall–Kier alpha value is -1.95. The third-order valence-corrected chi connectivity index (χ3v) is 3.16. The highest BCUT2D eigenvalue weighted by Crippen LogP contribution is 2.30. The van der Waals surface area contributed by atoms with Crippen molar-refractivity contribution in [2.45, 2.75) is 27.2 Å². The topological polar surface area (TPSA) is 64.1 Å². The number of methoxy groups -OCH3 is 1. The summed E-state index contributed by atoms with van der Waals surface area (Å²) in [6, 6.07) is 5.72. The van der Waals surface area contributed by atoms with Crippen LogP contribution in [0.5, 0.6) is 11.5 Å². The molecule has 1 rings (SSSR count). The Labute approximate surface area is 145 Å². The minimum atomic E-state index is 0.571. The van der Waals surface area contributed by atoms with Gasteiger partial charge in [-0.1, -0.05) is 13.8 Å². The first-order chi connectivity index (χ1) is 11.6. The molecule has 0 atom stereocenters. The maximum Gasteiger partial charge on any atom is 0.195 e. The number of nitrogens with zero attached hydrogens (tertiary/aromatic N) is 1. The molecule has 24 heavy (non-hydrogen) atoms. The number of aliphatic imine (C=N–C) groups is 1. The van der Waals surface area contributed by atoms with Gasteiger partial charge in [0.2, 0.25) is 0 Å². The molecule has 1 aromatic rings. The fourth-order valence-electron chi connectivity index (χ4n) is 2.04. The van der Waals surface area contributed by atoms with E-state index in [1.54, 1.807) is 14.2 Å². The quantitative estimate of drug-likeness (QED) is 0.390. The van der Waals surface area contributed by atoms with Gasteiger partial charge in [-0.2, -0.15) is 0 Å². The second-order valence-corrected chi connectivity index (χ2v) is 5.74. The SMILES string of the molecule is CCOc1ccc(NC(=NC)NCCCOCC(C)C)cc1OC. The summed E-state index contributed by atoms with van der Waals surface area (Å²) in [5, 5.41) is 6.51. The van der Waals surface area contributed by atoms with Crippen LogP contribution in [-0.2, 0) is 4.74 Å². The fraction of sp³-hybridized carbons (Fsp3) is 0.611. The van der Waals surface area contributed by atoms with E-state index in [4.69, 9.17) is 14.2 Å². The normalized spacial score (nSPS) is 11.5. The van der Waals surface area contributed by atoms with Gasteiger partial charge in [-0.25, -0.2) is 0 Å². The summed E-state index contributed by atoms with van der Waals surface area (Å²) in [5.41, 5.74) is 0.888. The fourth-order valence-corrected chi connectivity index (χ4v) is 2.04. The predicted molar refractivity (Wildman–Crippen MR) is 99.4 cm³/mol. The maximum absolute atomic E-state index is 5.56. The van der Waals surface area contributed by atoms with Gasteiger partial charge in [-0.3, -0.25) is 4.99 Å². The standard InChI is InChI=1S/C18H31N3O3/c1-6-24-16-9-8-15(12-17(16)22-5)21-18(19-4)20-10-7-11-23-13-14(2)3/h8-9,12,14H,6-7,10-11,13H2,1-5H3,(H2,19,20,21). The molecule has 0 fully saturated rings. The summed E-state index contributed by atoms with van der Waals surface area (Å²) in [6.07, 6.45) is 0.931. The molecular weight excluding hydrogens is 306 g/mol. The van der Waals surface area contributed by atoms with E-state index >= 15 is 0 Å². The molecule has 2 N–H and O–H groups in total. The van der Waals surface area contributed by atoms with E-state index < -0.39 is 0 Å². The van der Waals surface area contributed by atoms with E-state index in [0.717, 1.165) is 37.6 Å². The molecule has 0 unspecified atom stereocenters. The molecule has 6 heteroatoms. The van der Waals surface area contributed by atoms with Gasteiger partial charge in [0.25, 0.3) is 0 Å². The highest BCUT2D eigenvalue weighted by molar-refractivity contribution is 5.93. The van der Waals surface area contributed by atoms with Crippen LogP contribution < -0.4 is 20.1 Å². The van der Waals surface area contributed by atoms with Crippen LogP contribution in [0.15, 0.2) is 23.2 Å². The Morgan fingerprint density at radius 2 is 2.04 bits per heavy atom. The van der Waals surface area contributed by atoms with Gasteiger partial charge < -0.3 is 24.8 Å². The second-order valence-electron chi connectivity index (χ2n) is 5.74. The van der Waals surface area contributed by atoms with Crippen LogP contribution >= 0.6 is 0 Å². The highest BCUT2D eigenvalue weighted by atomic mass is 16.5. The lowest BCUT2D eigenvalue weighted by atomic mass is 10.2. The summed E-state index contributed by atoms with van der Waals surface area (Å²) in [5.74, 6) is 2.71. The van der Waals surface area contributed by atoms with Crippen LogP contribution in [0.3, 0.4) is 0 Å². The van der Waals surface area contributed by atoms with Crippen molar-refractivity contribution in [3.63, 3.8) is 0 Å². The van der Waals surface area contributed by atoms with Gasteiger partial charge in [0.1, 0.15) is 0 Å². The molecular formula is C18H31N3O3. The number of hydrogen-bond donors (Lipinski definition) is 2. The zero-order valence-corrected chi connectivity index (χ0v) is 15.5. The van der Waals surface area contributed by atoms with Crippen molar-refractivity contribution in [3.8, 4) is 11.5 Å². The average Bonchev–Trinajstić information content (AvgIpc) is 2.57. The number of benzene rings is 1. The zero-order chi connectivity index (χ0) is 17.8. The first kappa shape index (κ1) is 20.1. The maximum atomic E-state index is 5.56. The van der Waals surface area contributed by atoms with Crippen LogP contribution in [0, 0.1) is 5.92 Å². The van der Waals surface area contributed by atoms with Gasteiger partial charge in [-0.15, -0.1) is 0 Å². The van der Waals surface area contributed by atoms with Gasteiger partial charge in [0, 0.05) is 38.6 Å². The molecule has 0 amide bonds. The Balaban J connectivity index is 2.45. The molecule has 136 valence electrons. The van der Waals surface area contributed by atoms with Crippen molar-refractivity contribution in [3.05, 3.63) is 18.2 Å². The van der Waals surface area contributed by atoms with E-state index in [9.17, 15) is 0 Å². The lowest BCUT2D eigenvalue weighted by Gasteiger charge is -2.14. The Kier molecular flexibility index (Phi) is 9.68. The van der Waals surface area contributed by atoms with Crippen LogP contribution in [-0.4, -0.2) is 46.5 Å². The first-order valence-electron chi connectivity index (χ1n) is 8.46. The van der Waals surface area contributed by atoms with Crippen molar-refractivity contribution in [1.82, 2.24) is 5.32 Å². The molecule has 6 nitrogen and oxygen atoms in total. The Bertz CT molecular complexity index is 504. The van der Waals surface area contributed by atoms with Crippen LogP contribution in [0.1, 0.15) is 27.2 Å². The third kappa shape index (κ3) is 7.55. The predicted octanol–water partition coefficient (Wildman–Crippen LogP) is 3.14. The van der Waals surface area contributed by atoms with Gasteiger partial charge in [0.05, 0.1) is 13.7 Å². The first-order valence-corrected chi connectivity index (χ1v) is 8.46. The van der Waals surface area contributed by atoms with Crippen molar-refractivity contribution in [1.29, 1.82) is 0 Å². The summed E-state index contributed by atoms with van der Waals surface area (Å²) in [7, 11) is 3.38. The number of anilines is 1. The Morgan fingerprint density at radius 3 is 2.67 bits per heavy atom. The molecule has 0 saturated carbocycles. The molecule has 0 heterocycles. The highest BCUT2D eigenvalue weighted by Gasteiger charge is 2.06. The molecule has 0 aliphatic carbocycles. The smallest absolute Gasteiger partial charge is 0.195 e. The summed E-state index contributed by atoms with van der Waals surface area (Å²) >= 11 is 0.